The normalized spacial score (nSPS) is 13.2. The molecule has 1 atom stereocenters. The highest BCUT2D eigenvalue weighted by atomic mass is 32.2. The van der Waals surface area contributed by atoms with E-state index < -0.39 is 14.9 Å². The predicted octanol–water partition coefficient (Wildman–Crippen LogP) is 2.45. The van der Waals surface area contributed by atoms with Crippen molar-refractivity contribution in [3.8, 4) is 0 Å². The van der Waals surface area contributed by atoms with Gasteiger partial charge in [-0.3, -0.25) is 10.1 Å². The van der Waals surface area contributed by atoms with Gasteiger partial charge in [-0.25, -0.2) is 8.42 Å². The van der Waals surface area contributed by atoms with E-state index in [2.05, 4.69) is 5.32 Å². The summed E-state index contributed by atoms with van der Waals surface area (Å²) in [5, 5.41) is 13.7. The van der Waals surface area contributed by atoms with Gasteiger partial charge in [0.25, 0.3) is 5.69 Å². The zero-order valence-electron chi connectivity index (χ0n) is 12.7. The Morgan fingerprint density at radius 2 is 2.00 bits per heavy atom. The Hall–Kier alpha value is -1.67. The number of benzene rings is 1. The minimum absolute atomic E-state index is 0.0682. The highest BCUT2D eigenvalue weighted by Crippen LogP contribution is 2.29. The standard InChI is InChI=1S/C13H21N3O4S/c1-5-10(3)15(6-2)21(19,20)13-9-11(16(17)18)7-8-12(13)14-4/h7-10,14H,5-6H2,1-4H3. The minimum atomic E-state index is -3.79. The number of hydrogen-bond donors (Lipinski definition) is 1. The lowest BCUT2D eigenvalue weighted by molar-refractivity contribution is -0.385. The van der Waals surface area contributed by atoms with Gasteiger partial charge in [-0.15, -0.1) is 0 Å². The lowest BCUT2D eigenvalue weighted by Gasteiger charge is -2.27. The van der Waals surface area contributed by atoms with Gasteiger partial charge in [0.05, 0.1) is 10.6 Å². The molecule has 0 saturated carbocycles. The number of sulfonamides is 1. The molecule has 1 aromatic rings. The molecule has 0 aliphatic carbocycles. The molecule has 0 spiro atoms. The van der Waals surface area contributed by atoms with Crippen LogP contribution in [0.4, 0.5) is 11.4 Å². The highest BCUT2D eigenvalue weighted by molar-refractivity contribution is 7.89. The maximum atomic E-state index is 12.8. The van der Waals surface area contributed by atoms with Gasteiger partial charge < -0.3 is 5.32 Å². The molecule has 1 rings (SSSR count). The van der Waals surface area contributed by atoms with Crippen LogP contribution in [0.5, 0.6) is 0 Å². The fourth-order valence-electron chi connectivity index (χ4n) is 2.09. The Morgan fingerprint density at radius 1 is 1.38 bits per heavy atom. The number of anilines is 1. The average Bonchev–Trinajstić information content (AvgIpc) is 2.46. The Kier molecular flexibility index (Phi) is 5.68. The smallest absolute Gasteiger partial charge is 0.270 e. The number of nitrogens with one attached hydrogen (secondary N) is 1. The van der Waals surface area contributed by atoms with Crippen molar-refractivity contribution in [1.29, 1.82) is 0 Å². The van der Waals surface area contributed by atoms with Gasteiger partial charge in [0.1, 0.15) is 4.90 Å². The first-order valence-corrected chi connectivity index (χ1v) is 8.21. The summed E-state index contributed by atoms with van der Waals surface area (Å²) in [6, 6.07) is 3.62. The van der Waals surface area contributed by atoms with E-state index in [-0.39, 0.29) is 16.6 Å². The van der Waals surface area contributed by atoms with Gasteiger partial charge in [-0.1, -0.05) is 13.8 Å². The first-order valence-electron chi connectivity index (χ1n) is 6.77. The van der Waals surface area contributed by atoms with Crippen molar-refractivity contribution in [2.45, 2.75) is 38.1 Å². The van der Waals surface area contributed by atoms with Gasteiger partial charge in [0, 0.05) is 31.8 Å². The van der Waals surface area contributed by atoms with Crippen molar-refractivity contribution in [1.82, 2.24) is 4.31 Å². The fourth-order valence-corrected chi connectivity index (χ4v) is 4.03. The molecule has 0 aliphatic rings. The molecule has 0 radical (unpaired) electrons. The molecule has 8 heteroatoms. The fraction of sp³-hybridized carbons (Fsp3) is 0.538. The van der Waals surface area contributed by atoms with Gasteiger partial charge in [-0.2, -0.15) is 4.31 Å². The SMILES string of the molecule is CCC(C)N(CC)S(=O)(=O)c1cc([N+](=O)[O-])ccc1NC. The molecule has 1 aromatic carbocycles. The number of hydrogen-bond acceptors (Lipinski definition) is 5. The first kappa shape index (κ1) is 17.4. The van der Waals surface area contributed by atoms with Crippen molar-refractivity contribution in [3.05, 3.63) is 28.3 Å². The van der Waals surface area contributed by atoms with Crippen molar-refractivity contribution < 1.29 is 13.3 Å². The quantitative estimate of drug-likeness (QED) is 0.616. The molecule has 7 nitrogen and oxygen atoms in total. The largest absolute Gasteiger partial charge is 0.387 e. The Morgan fingerprint density at radius 3 is 2.43 bits per heavy atom. The van der Waals surface area contributed by atoms with E-state index in [0.29, 0.717) is 18.7 Å². The zero-order valence-corrected chi connectivity index (χ0v) is 13.5. The Bertz CT molecular complexity index is 616. The predicted molar refractivity (Wildman–Crippen MR) is 82.0 cm³/mol. The van der Waals surface area contributed by atoms with Crippen LogP contribution in [0.1, 0.15) is 27.2 Å². The van der Waals surface area contributed by atoms with E-state index in [1.54, 1.807) is 14.0 Å². The summed E-state index contributed by atoms with van der Waals surface area (Å²) in [7, 11) is -2.21. The molecule has 118 valence electrons. The summed E-state index contributed by atoms with van der Waals surface area (Å²) < 4.78 is 26.9. The highest BCUT2D eigenvalue weighted by Gasteiger charge is 2.30. The molecule has 0 heterocycles. The van der Waals surface area contributed by atoms with E-state index in [0.717, 1.165) is 6.07 Å². The molecule has 1 N–H and O–H groups in total. The molecule has 0 aromatic heterocycles. The van der Waals surface area contributed by atoms with Gasteiger partial charge in [0.2, 0.25) is 10.0 Å². The lowest BCUT2D eigenvalue weighted by atomic mass is 10.3. The summed E-state index contributed by atoms with van der Waals surface area (Å²) in [5.74, 6) is 0. The van der Waals surface area contributed by atoms with Gasteiger partial charge in [-0.05, 0) is 19.4 Å². The van der Waals surface area contributed by atoms with Crippen LogP contribution in [0.3, 0.4) is 0 Å². The second-order valence-electron chi connectivity index (χ2n) is 4.65. The van der Waals surface area contributed by atoms with E-state index in [1.165, 1.54) is 16.4 Å². The summed E-state index contributed by atoms with van der Waals surface area (Å²) in [4.78, 5) is 10.2. The van der Waals surface area contributed by atoms with Crippen LogP contribution >= 0.6 is 0 Å². The average molecular weight is 315 g/mol. The molecule has 0 amide bonds. The third-order valence-corrected chi connectivity index (χ3v) is 5.56. The summed E-state index contributed by atoms with van der Waals surface area (Å²) >= 11 is 0. The van der Waals surface area contributed by atoms with E-state index in [4.69, 9.17) is 0 Å². The molecule has 0 bridgehead atoms. The second-order valence-corrected chi connectivity index (χ2v) is 6.51. The summed E-state index contributed by atoms with van der Waals surface area (Å²) in [6.45, 7) is 5.77. The number of nitro groups is 1. The third kappa shape index (κ3) is 3.51. The summed E-state index contributed by atoms with van der Waals surface area (Å²) in [6.07, 6.45) is 0.664. The minimum Gasteiger partial charge on any atom is -0.387 e. The molecule has 0 aliphatic heterocycles. The lowest BCUT2D eigenvalue weighted by Crippen LogP contribution is -2.38. The van der Waals surface area contributed by atoms with E-state index in [9.17, 15) is 18.5 Å². The molecule has 0 fully saturated rings. The summed E-state index contributed by atoms with van der Waals surface area (Å²) in [5.41, 5.74) is 0.107. The molecule has 21 heavy (non-hydrogen) atoms. The van der Waals surface area contributed by atoms with E-state index in [1.807, 2.05) is 13.8 Å². The van der Waals surface area contributed by atoms with Gasteiger partial charge in [0.15, 0.2) is 0 Å². The molecular formula is C13H21N3O4S. The molecule has 1 unspecified atom stereocenters. The van der Waals surface area contributed by atoms with Crippen LogP contribution in [0, 0.1) is 10.1 Å². The maximum Gasteiger partial charge on any atom is 0.270 e. The maximum absolute atomic E-state index is 12.8. The van der Waals surface area contributed by atoms with Crippen LogP contribution < -0.4 is 5.32 Å². The second kappa shape index (κ2) is 6.86. The zero-order chi connectivity index (χ0) is 16.2. The Labute approximate surface area is 125 Å². The van der Waals surface area contributed by atoms with Crippen LogP contribution in [-0.4, -0.2) is 37.3 Å². The molecular weight excluding hydrogens is 294 g/mol. The number of nitrogens with zero attached hydrogens (tertiary/aromatic N) is 2. The van der Waals surface area contributed by atoms with Crippen LogP contribution in [0.25, 0.3) is 0 Å². The van der Waals surface area contributed by atoms with Crippen LogP contribution in [0.2, 0.25) is 0 Å². The monoisotopic (exact) mass is 315 g/mol. The van der Waals surface area contributed by atoms with Crippen molar-refractivity contribution in [2.24, 2.45) is 0 Å². The molecule has 0 saturated heterocycles. The van der Waals surface area contributed by atoms with Crippen LogP contribution in [0.15, 0.2) is 23.1 Å². The Balaban J connectivity index is 3.47. The first-order chi connectivity index (χ1) is 9.79. The topological polar surface area (TPSA) is 92.5 Å². The third-order valence-electron chi connectivity index (χ3n) is 3.43. The van der Waals surface area contributed by atoms with E-state index >= 15 is 0 Å². The number of rotatable bonds is 7. The van der Waals surface area contributed by atoms with Crippen LogP contribution in [-0.2, 0) is 10.0 Å². The van der Waals surface area contributed by atoms with Crippen molar-refractivity contribution in [3.63, 3.8) is 0 Å². The number of non-ortho nitro benzene ring substituents is 1. The number of nitro benzene ring substituents is 1. The van der Waals surface area contributed by atoms with Crippen molar-refractivity contribution >= 4 is 21.4 Å². The van der Waals surface area contributed by atoms with Gasteiger partial charge >= 0.3 is 0 Å². The van der Waals surface area contributed by atoms with Crippen molar-refractivity contribution in [2.75, 3.05) is 18.9 Å².